The van der Waals surface area contributed by atoms with Crippen LogP contribution in [-0.4, -0.2) is 27.4 Å². The lowest BCUT2D eigenvalue weighted by atomic mass is 10.0. The summed E-state index contributed by atoms with van der Waals surface area (Å²) in [6.07, 6.45) is 7.05. The number of rotatable bonds is 5. The maximum atomic E-state index is 4.35. The molecule has 0 aromatic carbocycles. The first kappa shape index (κ1) is 11.2. The summed E-state index contributed by atoms with van der Waals surface area (Å²) in [6, 6.07) is 0.609. The van der Waals surface area contributed by atoms with E-state index in [-0.39, 0.29) is 0 Å². The highest BCUT2D eigenvalue weighted by Gasteiger charge is 2.55. The van der Waals surface area contributed by atoms with Crippen molar-refractivity contribution in [3.8, 4) is 0 Å². The molecule has 1 aromatic heterocycles. The summed E-state index contributed by atoms with van der Waals surface area (Å²) in [5.41, 5.74) is 0. The van der Waals surface area contributed by atoms with E-state index in [2.05, 4.69) is 22.3 Å². The van der Waals surface area contributed by atoms with Gasteiger partial charge in [-0.1, -0.05) is 13.3 Å². The Balaban J connectivity index is 1.67. The molecule has 17 heavy (non-hydrogen) atoms. The van der Waals surface area contributed by atoms with Crippen LogP contribution >= 0.6 is 0 Å². The second kappa shape index (κ2) is 4.41. The summed E-state index contributed by atoms with van der Waals surface area (Å²) in [5, 5.41) is 7.82. The molecule has 1 N–H and O–H groups in total. The van der Waals surface area contributed by atoms with Gasteiger partial charge in [-0.25, -0.2) is 4.98 Å². The first-order chi connectivity index (χ1) is 8.31. The zero-order valence-electron chi connectivity index (χ0n) is 10.8. The maximum absolute atomic E-state index is 4.35. The maximum Gasteiger partial charge on any atom is 0.138 e. The Morgan fingerprint density at radius 2 is 2.24 bits per heavy atom. The molecule has 0 amide bonds. The van der Waals surface area contributed by atoms with Crippen molar-refractivity contribution in [2.75, 3.05) is 6.54 Å². The molecule has 0 saturated heterocycles. The Bertz CT molecular complexity index is 377. The normalized spacial score (nSPS) is 32.5. The van der Waals surface area contributed by atoms with Gasteiger partial charge in [0, 0.05) is 19.5 Å². The summed E-state index contributed by atoms with van der Waals surface area (Å²) < 4.78 is 1.91. The molecule has 3 atom stereocenters. The molecule has 1 heterocycles. The first-order valence-electron chi connectivity index (χ1n) is 6.87. The van der Waals surface area contributed by atoms with Crippen LogP contribution < -0.4 is 5.32 Å². The highest BCUT2D eigenvalue weighted by molar-refractivity contribution is 5.08. The van der Waals surface area contributed by atoms with Crippen LogP contribution in [0.1, 0.15) is 32.0 Å². The third-order valence-electron chi connectivity index (χ3n) is 4.61. The van der Waals surface area contributed by atoms with Gasteiger partial charge in [-0.2, -0.15) is 5.10 Å². The van der Waals surface area contributed by atoms with Crippen LogP contribution in [0.2, 0.25) is 0 Å². The van der Waals surface area contributed by atoms with Crippen LogP contribution in [-0.2, 0) is 13.5 Å². The fourth-order valence-corrected chi connectivity index (χ4v) is 3.78. The molecule has 0 radical (unpaired) electrons. The van der Waals surface area contributed by atoms with Crippen molar-refractivity contribution in [3.63, 3.8) is 0 Å². The molecule has 1 aromatic rings. The van der Waals surface area contributed by atoms with Crippen molar-refractivity contribution < 1.29 is 0 Å². The molecule has 4 heteroatoms. The van der Waals surface area contributed by atoms with Crippen molar-refractivity contribution in [2.24, 2.45) is 24.8 Å². The largest absolute Gasteiger partial charge is 0.314 e. The average molecular weight is 234 g/mol. The predicted octanol–water partition coefficient (Wildman–Crippen LogP) is 1.38. The number of aryl methyl sites for hydroxylation is 1. The van der Waals surface area contributed by atoms with E-state index < -0.39 is 0 Å². The van der Waals surface area contributed by atoms with Gasteiger partial charge in [-0.3, -0.25) is 4.68 Å². The molecule has 4 nitrogen and oxygen atoms in total. The SMILES string of the molecule is CCNC(Cc1ncnn1C)C1C2CCCC21. The van der Waals surface area contributed by atoms with E-state index in [0.717, 1.165) is 36.5 Å². The minimum Gasteiger partial charge on any atom is -0.314 e. The monoisotopic (exact) mass is 234 g/mol. The molecule has 0 aliphatic heterocycles. The van der Waals surface area contributed by atoms with Gasteiger partial charge < -0.3 is 5.32 Å². The Hall–Kier alpha value is -0.900. The van der Waals surface area contributed by atoms with E-state index >= 15 is 0 Å². The number of fused-ring (bicyclic) bond motifs is 1. The van der Waals surface area contributed by atoms with Crippen molar-refractivity contribution in [3.05, 3.63) is 12.2 Å². The minimum absolute atomic E-state index is 0.609. The van der Waals surface area contributed by atoms with E-state index in [9.17, 15) is 0 Å². The highest BCUT2D eigenvalue weighted by atomic mass is 15.3. The molecular formula is C13H22N4. The number of nitrogens with one attached hydrogen (secondary N) is 1. The van der Waals surface area contributed by atoms with Crippen molar-refractivity contribution in [2.45, 2.75) is 38.6 Å². The predicted molar refractivity (Wildman–Crippen MR) is 66.5 cm³/mol. The van der Waals surface area contributed by atoms with Crippen LogP contribution in [0.5, 0.6) is 0 Å². The summed E-state index contributed by atoms with van der Waals surface area (Å²) >= 11 is 0. The van der Waals surface area contributed by atoms with Crippen LogP contribution in [0.4, 0.5) is 0 Å². The Labute approximate surface area is 103 Å². The lowest BCUT2D eigenvalue weighted by Crippen LogP contribution is -2.35. The summed E-state index contributed by atoms with van der Waals surface area (Å²) in [6.45, 7) is 3.25. The van der Waals surface area contributed by atoms with Gasteiger partial charge in [0.05, 0.1) is 0 Å². The van der Waals surface area contributed by atoms with E-state index in [1.807, 2.05) is 11.7 Å². The van der Waals surface area contributed by atoms with Gasteiger partial charge in [-0.05, 0) is 37.1 Å². The molecule has 0 spiro atoms. The minimum atomic E-state index is 0.609. The molecule has 2 aliphatic rings. The number of hydrogen-bond acceptors (Lipinski definition) is 3. The van der Waals surface area contributed by atoms with Gasteiger partial charge >= 0.3 is 0 Å². The zero-order valence-corrected chi connectivity index (χ0v) is 10.8. The average Bonchev–Trinajstić information content (AvgIpc) is 2.67. The fourth-order valence-electron chi connectivity index (χ4n) is 3.78. The van der Waals surface area contributed by atoms with Crippen LogP contribution in [0, 0.1) is 17.8 Å². The number of hydrogen-bond donors (Lipinski definition) is 1. The van der Waals surface area contributed by atoms with Gasteiger partial charge in [0.25, 0.3) is 0 Å². The van der Waals surface area contributed by atoms with E-state index in [0.29, 0.717) is 6.04 Å². The quantitative estimate of drug-likeness (QED) is 0.837. The molecule has 2 saturated carbocycles. The number of aromatic nitrogens is 3. The van der Waals surface area contributed by atoms with E-state index in [4.69, 9.17) is 0 Å². The van der Waals surface area contributed by atoms with Crippen molar-refractivity contribution in [1.29, 1.82) is 0 Å². The topological polar surface area (TPSA) is 42.7 Å². The fraction of sp³-hybridized carbons (Fsp3) is 0.846. The molecule has 2 fully saturated rings. The summed E-state index contributed by atoms with van der Waals surface area (Å²) in [7, 11) is 1.99. The van der Waals surface area contributed by atoms with Gasteiger partial charge in [0.2, 0.25) is 0 Å². The standard InChI is InChI=1S/C13H22N4/c1-3-14-11(7-12-15-8-16-17(12)2)13-9-5-4-6-10(9)13/h8-11,13-14H,3-7H2,1-2H3. The Morgan fingerprint density at radius 3 is 2.82 bits per heavy atom. The third kappa shape index (κ3) is 1.99. The van der Waals surface area contributed by atoms with Crippen molar-refractivity contribution in [1.82, 2.24) is 20.1 Å². The van der Waals surface area contributed by atoms with Gasteiger partial charge in [0.15, 0.2) is 0 Å². The lowest BCUT2D eigenvalue weighted by Gasteiger charge is -2.19. The molecule has 0 bridgehead atoms. The Morgan fingerprint density at radius 1 is 1.47 bits per heavy atom. The smallest absolute Gasteiger partial charge is 0.138 e. The van der Waals surface area contributed by atoms with Crippen molar-refractivity contribution >= 4 is 0 Å². The zero-order chi connectivity index (χ0) is 11.8. The van der Waals surface area contributed by atoms with E-state index in [1.54, 1.807) is 6.33 Å². The Kier molecular flexibility index (Phi) is 2.90. The lowest BCUT2D eigenvalue weighted by molar-refractivity contribution is 0.400. The third-order valence-corrected chi connectivity index (χ3v) is 4.61. The summed E-state index contributed by atoms with van der Waals surface area (Å²) in [4.78, 5) is 4.35. The number of nitrogens with zero attached hydrogens (tertiary/aromatic N) is 3. The molecule has 2 aliphatic carbocycles. The second-order valence-electron chi connectivity index (χ2n) is 5.50. The summed E-state index contributed by atoms with van der Waals surface area (Å²) in [5.74, 6) is 4.03. The van der Waals surface area contributed by atoms with Crippen LogP contribution in [0.25, 0.3) is 0 Å². The molecule has 3 rings (SSSR count). The molecule has 3 unspecified atom stereocenters. The first-order valence-corrected chi connectivity index (χ1v) is 6.87. The molecular weight excluding hydrogens is 212 g/mol. The van der Waals surface area contributed by atoms with E-state index in [1.165, 1.54) is 19.3 Å². The van der Waals surface area contributed by atoms with Crippen LogP contribution in [0.3, 0.4) is 0 Å². The van der Waals surface area contributed by atoms with Gasteiger partial charge in [0.1, 0.15) is 12.2 Å². The number of likely N-dealkylation sites (N-methyl/N-ethyl adjacent to an activating group) is 1. The molecule has 94 valence electrons. The highest BCUT2D eigenvalue weighted by Crippen LogP contribution is 2.59. The second-order valence-corrected chi connectivity index (χ2v) is 5.50. The van der Waals surface area contributed by atoms with Gasteiger partial charge in [-0.15, -0.1) is 0 Å². The van der Waals surface area contributed by atoms with Crippen LogP contribution in [0.15, 0.2) is 6.33 Å².